The van der Waals surface area contributed by atoms with Gasteiger partial charge >= 0.3 is 0 Å². The Bertz CT molecular complexity index is 1070. The lowest BCUT2D eigenvalue weighted by Gasteiger charge is -2.20. The molecule has 4 aromatic rings. The summed E-state index contributed by atoms with van der Waals surface area (Å²) in [5.74, 6) is 1.48. The zero-order valence-electron chi connectivity index (χ0n) is 14.4. The second-order valence-electron chi connectivity index (χ2n) is 6.71. The van der Waals surface area contributed by atoms with Crippen molar-refractivity contribution in [2.75, 3.05) is 0 Å². The van der Waals surface area contributed by atoms with Crippen molar-refractivity contribution in [3.05, 3.63) is 29.0 Å². The Labute approximate surface area is 149 Å². The Morgan fingerprint density at radius 2 is 2.20 bits per heavy atom. The molecule has 0 unspecified atom stereocenters. The highest BCUT2D eigenvalue weighted by atomic mass is 32.1. The summed E-state index contributed by atoms with van der Waals surface area (Å²) in [4.78, 5) is 12.1. The van der Waals surface area contributed by atoms with E-state index in [9.17, 15) is 0 Å². The molecule has 0 N–H and O–H groups in total. The largest absolute Gasteiger partial charge is 0.272 e. The van der Waals surface area contributed by atoms with Crippen molar-refractivity contribution in [1.82, 2.24) is 29.4 Å². The number of aromatic nitrogens is 6. The van der Waals surface area contributed by atoms with Gasteiger partial charge in [0, 0.05) is 17.6 Å². The molecule has 0 aromatic carbocycles. The molecule has 0 saturated heterocycles. The summed E-state index contributed by atoms with van der Waals surface area (Å²) in [5, 5.41) is 10.3. The molecule has 128 valence electrons. The summed E-state index contributed by atoms with van der Waals surface area (Å²) in [6, 6.07) is 1.97. The summed E-state index contributed by atoms with van der Waals surface area (Å²) in [7, 11) is 0. The van der Waals surface area contributed by atoms with Crippen molar-refractivity contribution in [3.63, 3.8) is 0 Å². The molecule has 6 nitrogen and oxygen atoms in total. The lowest BCUT2D eigenvalue weighted by atomic mass is 9.86. The molecule has 25 heavy (non-hydrogen) atoms. The molecule has 7 heteroatoms. The summed E-state index contributed by atoms with van der Waals surface area (Å²) in [5.41, 5.74) is 3.17. The van der Waals surface area contributed by atoms with Crippen molar-refractivity contribution in [3.8, 4) is 11.5 Å². The number of rotatable bonds is 3. The third kappa shape index (κ3) is 2.29. The Hall–Kier alpha value is -2.28. The van der Waals surface area contributed by atoms with E-state index in [-0.39, 0.29) is 0 Å². The van der Waals surface area contributed by atoms with E-state index >= 15 is 0 Å². The summed E-state index contributed by atoms with van der Waals surface area (Å²) < 4.78 is 3.70. The van der Waals surface area contributed by atoms with E-state index in [2.05, 4.69) is 29.0 Å². The Balaban J connectivity index is 1.68. The Morgan fingerprint density at radius 1 is 1.28 bits per heavy atom. The fourth-order valence-electron chi connectivity index (χ4n) is 3.76. The predicted molar refractivity (Wildman–Crippen MR) is 98.9 cm³/mol. The van der Waals surface area contributed by atoms with Gasteiger partial charge in [-0.2, -0.15) is 5.10 Å². The van der Waals surface area contributed by atoms with Gasteiger partial charge in [0.1, 0.15) is 16.9 Å². The number of aryl methyl sites for hydroxylation is 2. The maximum Gasteiger partial charge on any atom is 0.202 e. The lowest BCUT2D eigenvalue weighted by Crippen LogP contribution is -2.11. The second-order valence-corrected chi connectivity index (χ2v) is 7.79. The minimum atomic E-state index is 0.670. The van der Waals surface area contributed by atoms with Gasteiger partial charge in [-0.05, 0) is 43.7 Å². The van der Waals surface area contributed by atoms with E-state index in [1.165, 1.54) is 35.1 Å². The third-order valence-corrected chi connectivity index (χ3v) is 6.42. The van der Waals surface area contributed by atoms with Crippen LogP contribution in [0.2, 0.25) is 0 Å². The maximum absolute atomic E-state index is 4.82. The van der Waals surface area contributed by atoms with E-state index in [1.807, 2.05) is 32.8 Å². The minimum absolute atomic E-state index is 0.670. The van der Waals surface area contributed by atoms with Gasteiger partial charge in [-0.25, -0.2) is 14.5 Å². The molecule has 4 heterocycles. The van der Waals surface area contributed by atoms with Crippen LogP contribution in [0.3, 0.4) is 0 Å². The SMILES string of the molecule is CC[C@H]1CCc2c(sc3ncn4nc(-c5ccn(CC)n5)nc4c23)C1. The molecule has 0 radical (unpaired) electrons. The van der Waals surface area contributed by atoms with Crippen molar-refractivity contribution in [2.45, 2.75) is 46.1 Å². The Morgan fingerprint density at radius 3 is 3.00 bits per heavy atom. The molecule has 1 aliphatic carbocycles. The third-order valence-electron chi connectivity index (χ3n) is 5.26. The van der Waals surface area contributed by atoms with Crippen LogP contribution < -0.4 is 0 Å². The molecule has 0 aliphatic heterocycles. The molecule has 1 atom stereocenters. The van der Waals surface area contributed by atoms with Gasteiger partial charge in [0.05, 0.1) is 5.39 Å². The quantitative estimate of drug-likeness (QED) is 0.563. The molecule has 0 amide bonds. The highest BCUT2D eigenvalue weighted by Crippen LogP contribution is 2.39. The van der Waals surface area contributed by atoms with Crippen LogP contribution in [-0.2, 0) is 19.4 Å². The van der Waals surface area contributed by atoms with E-state index < -0.39 is 0 Å². The molecule has 0 spiro atoms. The summed E-state index contributed by atoms with van der Waals surface area (Å²) in [6.45, 7) is 5.21. The molecule has 0 bridgehead atoms. The first-order valence-corrected chi connectivity index (χ1v) is 9.78. The first kappa shape index (κ1) is 15.0. The van der Waals surface area contributed by atoms with Gasteiger partial charge in [-0.15, -0.1) is 16.4 Å². The fourth-order valence-corrected chi connectivity index (χ4v) is 5.05. The molecular formula is C18H20N6S. The van der Waals surface area contributed by atoms with Gasteiger partial charge in [0.15, 0.2) is 5.65 Å². The van der Waals surface area contributed by atoms with Crippen LogP contribution in [0.5, 0.6) is 0 Å². The molecule has 0 fully saturated rings. The lowest BCUT2D eigenvalue weighted by molar-refractivity contribution is 0.451. The van der Waals surface area contributed by atoms with E-state index in [0.717, 1.165) is 35.1 Å². The zero-order chi connectivity index (χ0) is 17.0. The molecule has 5 rings (SSSR count). The van der Waals surface area contributed by atoms with Gasteiger partial charge in [0.2, 0.25) is 5.82 Å². The fraction of sp³-hybridized carbons (Fsp3) is 0.444. The monoisotopic (exact) mass is 352 g/mol. The molecule has 1 aliphatic rings. The number of nitrogens with zero attached hydrogens (tertiary/aromatic N) is 6. The second kappa shape index (κ2) is 5.62. The summed E-state index contributed by atoms with van der Waals surface area (Å²) >= 11 is 1.83. The zero-order valence-corrected chi connectivity index (χ0v) is 15.3. The van der Waals surface area contributed by atoms with Crippen LogP contribution in [-0.4, -0.2) is 29.4 Å². The van der Waals surface area contributed by atoms with E-state index in [4.69, 9.17) is 4.98 Å². The van der Waals surface area contributed by atoms with Crippen LogP contribution in [0.25, 0.3) is 27.4 Å². The minimum Gasteiger partial charge on any atom is -0.272 e. The summed E-state index contributed by atoms with van der Waals surface area (Å²) in [6.07, 6.45) is 8.57. The van der Waals surface area contributed by atoms with Crippen molar-refractivity contribution >= 4 is 27.2 Å². The first-order valence-electron chi connectivity index (χ1n) is 8.96. The highest BCUT2D eigenvalue weighted by Gasteiger charge is 2.25. The van der Waals surface area contributed by atoms with Gasteiger partial charge in [0.25, 0.3) is 0 Å². The topological polar surface area (TPSA) is 60.9 Å². The number of fused-ring (bicyclic) bond motifs is 5. The van der Waals surface area contributed by atoms with Crippen LogP contribution in [0.4, 0.5) is 0 Å². The van der Waals surface area contributed by atoms with E-state index in [0.29, 0.717) is 5.82 Å². The van der Waals surface area contributed by atoms with Gasteiger partial charge < -0.3 is 0 Å². The van der Waals surface area contributed by atoms with Crippen LogP contribution in [0.1, 0.15) is 37.1 Å². The Kier molecular flexibility index (Phi) is 3.38. The molecular weight excluding hydrogens is 332 g/mol. The predicted octanol–water partition coefficient (Wildman–Crippen LogP) is 3.74. The molecule has 0 saturated carbocycles. The van der Waals surface area contributed by atoms with Crippen molar-refractivity contribution in [2.24, 2.45) is 5.92 Å². The molecule has 4 aromatic heterocycles. The number of thiophene rings is 1. The maximum atomic E-state index is 4.82. The van der Waals surface area contributed by atoms with Crippen molar-refractivity contribution < 1.29 is 0 Å². The van der Waals surface area contributed by atoms with Gasteiger partial charge in [-0.1, -0.05) is 13.3 Å². The number of hydrogen-bond acceptors (Lipinski definition) is 5. The standard InChI is InChI=1S/C18H20N6S/c1-3-11-5-6-12-14(9-11)25-18-15(12)17-20-16(22-24(17)10-19-18)13-7-8-23(4-2)21-13/h7-8,10-11H,3-6,9H2,1-2H3/t11-/m0/s1. The number of hydrogen-bond donors (Lipinski definition) is 0. The van der Waals surface area contributed by atoms with Crippen LogP contribution in [0, 0.1) is 5.92 Å². The van der Waals surface area contributed by atoms with Gasteiger partial charge in [-0.3, -0.25) is 4.68 Å². The normalized spacial score (nSPS) is 17.4. The average Bonchev–Trinajstić information content (AvgIpc) is 3.35. The smallest absolute Gasteiger partial charge is 0.202 e. The first-order chi connectivity index (χ1) is 12.3. The van der Waals surface area contributed by atoms with Crippen LogP contribution >= 0.6 is 11.3 Å². The highest BCUT2D eigenvalue weighted by molar-refractivity contribution is 7.19. The van der Waals surface area contributed by atoms with E-state index in [1.54, 1.807) is 6.33 Å². The average molecular weight is 352 g/mol. The van der Waals surface area contributed by atoms with Crippen molar-refractivity contribution in [1.29, 1.82) is 0 Å². The van der Waals surface area contributed by atoms with Crippen LogP contribution in [0.15, 0.2) is 18.6 Å².